The smallest absolute Gasteiger partial charge is 0.261 e. The molecule has 0 N–H and O–H groups in total. The Morgan fingerprint density at radius 3 is 2.25 bits per heavy atom. The van der Waals surface area contributed by atoms with Crippen LogP contribution < -0.4 is 0 Å². The van der Waals surface area contributed by atoms with E-state index in [1.807, 2.05) is 17.9 Å². The van der Waals surface area contributed by atoms with Crippen LogP contribution >= 0.6 is 0 Å². The number of imide groups is 1. The van der Waals surface area contributed by atoms with E-state index in [-0.39, 0.29) is 30.7 Å². The van der Waals surface area contributed by atoms with Crippen LogP contribution in [-0.2, 0) is 4.79 Å². The summed E-state index contributed by atoms with van der Waals surface area (Å²) in [7, 11) is 0. The first-order valence-electron chi connectivity index (χ1n) is 10.1. The van der Waals surface area contributed by atoms with Crippen LogP contribution in [0.3, 0.4) is 0 Å². The van der Waals surface area contributed by atoms with Crippen molar-refractivity contribution in [1.29, 1.82) is 0 Å². The number of nitrogens with zero attached hydrogens (tertiary/aromatic N) is 3. The van der Waals surface area contributed by atoms with Crippen LogP contribution in [-0.4, -0.2) is 71.7 Å². The van der Waals surface area contributed by atoms with Gasteiger partial charge in [0, 0.05) is 39.1 Å². The Kier molecular flexibility index (Phi) is 5.89. The molecule has 28 heavy (non-hydrogen) atoms. The molecule has 152 valence electrons. The monoisotopic (exact) mass is 385 g/mol. The molecule has 1 aromatic rings. The molecule has 0 spiro atoms. The third kappa shape index (κ3) is 4.61. The molecule has 1 fully saturated rings. The van der Waals surface area contributed by atoms with Crippen molar-refractivity contribution in [3.63, 3.8) is 0 Å². The van der Waals surface area contributed by atoms with Gasteiger partial charge in [0.05, 0.1) is 11.1 Å². The Hall–Kier alpha value is -2.21. The highest BCUT2D eigenvalue weighted by molar-refractivity contribution is 6.21. The lowest BCUT2D eigenvalue weighted by atomic mass is 9.92. The summed E-state index contributed by atoms with van der Waals surface area (Å²) in [5, 5.41) is 0. The highest BCUT2D eigenvalue weighted by atomic mass is 16.2. The Morgan fingerprint density at radius 1 is 0.964 bits per heavy atom. The van der Waals surface area contributed by atoms with E-state index in [2.05, 4.69) is 25.7 Å². The number of fused-ring (bicyclic) bond motifs is 1. The normalized spacial score (nSPS) is 18.0. The van der Waals surface area contributed by atoms with Gasteiger partial charge in [0.25, 0.3) is 11.8 Å². The highest BCUT2D eigenvalue weighted by Gasteiger charge is 2.35. The molecule has 6 nitrogen and oxygen atoms in total. The van der Waals surface area contributed by atoms with Gasteiger partial charge >= 0.3 is 0 Å². The molecule has 1 saturated heterocycles. The first kappa shape index (κ1) is 20.5. The van der Waals surface area contributed by atoms with Gasteiger partial charge in [-0.25, -0.2) is 0 Å². The third-order valence-electron chi connectivity index (χ3n) is 5.58. The van der Waals surface area contributed by atoms with Gasteiger partial charge in [-0.1, -0.05) is 32.4 Å². The summed E-state index contributed by atoms with van der Waals surface area (Å²) in [6.45, 7) is 13.0. The minimum absolute atomic E-state index is 0.0169. The van der Waals surface area contributed by atoms with Gasteiger partial charge in [-0.3, -0.25) is 24.2 Å². The van der Waals surface area contributed by atoms with E-state index in [1.165, 1.54) is 4.90 Å². The molecule has 2 aliphatic heterocycles. The van der Waals surface area contributed by atoms with Gasteiger partial charge in [-0.15, -0.1) is 0 Å². The first-order valence-corrected chi connectivity index (χ1v) is 10.1. The maximum atomic E-state index is 12.6. The Labute approximate surface area is 167 Å². The molecule has 0 unspecified atom stereocenters. The molecule has 0 aliphatic carbocycles. The Balaban J connectivity index is 1.48. The lowest BCUT2D eigenvalue weighted by molar-refractivity contribution is -0.133. The largest absolute Gasteiger partial charge is 0.340 e. The fraction of sp³-hybridized carbons (Fsp3) is 0.591. The van der Waals surface area contributed by atoms with E-state index in [9.17, 15) is 14.4 Å². The average molecular weight is 386 g/mol. The second-order valence-electron chi connectivity index (χ2n) is 9.09. The number of amides is 3. The summed E-state index contributed by atoms with van der Waals surface area (Å²) in [5.74, 6) is -0.563. The molecule has 1 aromatic carbocycles. The molecular weight excluding hydrogens is 354 g/mol. The van der Waals surface area contributed by atoms with Crippen molar-refractivity contribution in [3.05, 3.63) is 34.9 Å². The minimum Gasteiger partial charge on any atom is -0.340 e. The summed E-state index contributed by atoms with van der Waals surface area (Å²) in [6, 6.07) is 5.27. The number of carbonyl (C=O) groups is 3. The molecule has 2 aliphatic rings. The van der Waals surface area contributed by atoms with Gasteiger partial charge in [-0.05, 0) is 37.4 Å². The van der Waals surface area contributed by atoms with Crippen molar-refractivity contribution in [2.45, 2.75) is 40.5 Å². The van der Waals surface area contributed by atoms with Gasteiger partial charge in [0.2, 0.25) is 5.91 Å². The van der Waals surface area contributed by atoms with Gasteiger partial charge in [-0.2, -0.15) is 0 Å². The van der Waals surface area contributed by atoms with Crippen molar-refractivity contribution in [2.24, 2.45) is 5.41 Å². The van der Waals surface area contributed by atoms with Gasteiger partial charge in [0.15, 0.2) is 0 Å². The van der Waals surface area contributed by atoms with Crippen molar-refractivity contribution in [1.82, 2.24) is 14.7 Å². The molecule has 0 aromatic heterocycles. The lowest BCUT2D eigenvalue weighted by Gasteiger charge is -2.36. The zero-order valence-corrected chi connectivity index (χ0v) is 17.5. The van der Waals surface area contributed by atoms with Crippen LogP contribution in [0, 0.1) is 12.3 Å². The molecular formula is C22H31N3O3. The van der Waals surface area contributed by atoms with E-state index in [0.29, 0.717) is 29.6 Å². The summed E-state index contributed by atoms with van der Waals surface area (Å²) < 4.78 is 0. The van der Waals surface area contributed by atoms with Crippen LogP contribution in [0.25, 0.3) is 0 Å². The third-order valence-corrected chi connectivity index (χ3v) is 5.58. The summed E-state index contributed by atoms with van der Waals surface area (Å²) >= 11 is 0. The number of hydrogen-bond acceptors (Lipinski definition) is 4. The van der Waals surface area contributed by atoms with Crippen molar-refractivity contribution in [2.75, 3.05) is 39.3 Å². The van der Waals surface area contributed by atoms with Crippen molar-refractivity contribution < 1.29 is 14.4 Å². The lowest BCUT2D eigenvalue weighted by Crippen LogP contribution is -2.49. The molecule has 3 rings (SSSR count). The highest BCUT2D eigenvalue weighted by Crippen LogP contribution is 2.24. The first-order chi connectivity index (χ1) is 13.2. The summed E-state index contributed by atoms with van der Waals surface area (Å²) in [4.78, 5) is 43.0. The predicted molar refractivity (Wildman–Crippen MR) is 108 cm³/mol. The van der Waals surface area contributed by atoms with Crippen molar-refractivity contribution in [3.8, 4) is 0 Å². The maximum absolute atomic E-state index is 12.6. The molecule has 0 bridgehead atoms. The topological polar surface area (TPSA) is 60.9 Å². The van der Waals surface area contributed by atoms with E-state index >= 15 is 0 Å². The van der Waals surface area contributed by atoms with E-state index in [1.54, 1.807) is 12.1 Å². The number of benzene rings is 1. The maximum Gasteiger partial charge on any atom is 0.261 e. The SMILES string of the molecule is Cc1ccc2c(c1)C(=O)N(CCC(=O)N1CCN(CCC(C)(C)C)CC1)C2=O. The van der Waals surface area contributed by atoms with Crippen molar-refractivity contribution >= 4 is 17.7 Å². The van der Waals surface area contributed by atoms with Crippen LogP contribution in [0.4, 0.5) is 0 Å². The van der Waals surface area contributed by atoms with Crippen LogP contribution in [0.2, 0.25) is 0 Å². The number of hydrogen-bond donors (Lipinski definition) is 0. The fourth-order valence-corrected chi connectivity index (χ4v) is 3.69. The van der Waals surface area contributed by atoms with Gasteiger partial charge in [0.1, 0.15) is 0 Å². The fourth-order valence-electron chi connectivity index (χ4n) is 3.69. The van der Waals surface area contributed by atoms with E-state index < -0.39 is 0 Å². The molecule has 6 heteroatoms. The summed E-state index contributed by atoms with van der Waals surface area (Å²) in [6.07, 6.45) is 1.33. The number of aryl methyl sites for hydroxylation is 1. The second kappa shape index (κ2) is 8.03. The average Bonchev–Trinajstić information content (AvgIpc) is 2.88. The van der Waals surface area contributed by atoms with Gasteiger partial charge < -0.3 is 4.90 Å². The number of piperazine rings is 1. The standard InChI is InChI=1S/C22H31N3O3/c1-16-5-6-17-18(15-16)21(28)25(20(17)27)9-7-19(26)24-13-11-23(12-14-24)10-8-22(2,3)4/h5-6,15H,7-14H2,1-4H3. The molecule has 3 amide bonds. The van der Waals surface area contributed by atoms with Crippen LogP contribution in [0.15, 0.2) is 18.2 Å². The predicted octanol–water partition coefficient (Wildman–Crippen LogP) is 2.56. The zero-order valence-electron chi connectivity index (χ0n) is 17.5. The number of carbonyl (C=O) groups excluding carboxylic acids is 3. The zero-order chi connectivity index (χ0) is 20.5. The second-order valence-corrected chi connectivity index (χ2v) is 9.09. The Morgan fingerprint density at radius 2 is 1.61 bits per heavy atom. The summed E-state index contributed by atoms with van der Waals surface area (Å²) in [5.41, 5.74) is 2.15. The minimum atomic E-state index is -0.292. The molecule has 0 radical (unpaired) electrons. The molecule has 0 atom stereocenters. The van der Waals surface area contributed by atoms with Crippen LogP contribution in [0.5, 0.6) is 0 Å². The molecule has 2 heterocycles. The molecule has 0 saturated carbocycles. The van der Waals surface area contributed by atoms with Crippen LogP contribution in [0.1, 0.15) is 59.9 Å². The number of rotatable bonds is 5. The Bertz CT molecular complexity index is 774. The van der Waals surface area contributed by atoms with E-state index in [0.717, 1.165) is 31.6 Å². The quantitative estimate of drug-likeness (QED) is 0.731. The van der Waals surface area contributed by atoms with E-state index in [4.69, 9.17) is 0 Å².